The van der Waals surface area contributed by atoms with Crippen LogP contribution in [0.2, 0.25) is 0 Å². The van der Waals surface area contributed by atoms with Gasteiger partial charge in [-0.05, 0) is 50.5 Å². The lowest BCUT2D eigenvalue weighted by Crippen LogP contribution is -2.27. The molecule has 134 valence electrons. The summed E-state index contributed by atoms with van der Waals surface area (Å²) in [6.07, 6.45) is 3.38. The summed E-state index contributed by atoms with van der Waals surface area (Å²) in [5, 5.41) is 2.98. The Bertz CT molecular complexity index is 426. The second-order valence-electron chi connectivity index (χ2n) is 5.28. The molecule has 0 heterocycles. The van der Waals surface area contributed by atoms with Crippen LogP contribution < -0.4 is 11.1 Å². The van der Waals surface area contributed by atoms with E-state index in [0.29, 0.717) is 12.8 Å². The van der Waals surface area contributed by atoms with E-state index in [9.17, 15) is 4.79 Å². The predicted octanol–water partition coefficient (Wildman–Crippen LogP) is 3.28. The number of nitrogens with two attached hydrogens (primary N) is 1. The number of aryl methyl sites for hydroxylation is 1. The third-order valence-electron chi connectivity index (χ3n) is 3.79. The molecule has 0 fully saturated rings. The fraction of sp³-hybridized carbons (Fsp3) is 0.588. The molecule has 0 unspecified atom stereocenters. The Morgan fingerprint density at radius 3 is 2.39 bits per heavy atom. The smallest absolute Gasteiger partial charge is 0.220 e. The van der Waals surface area contributed by atoms with Crippen LogP contribution in [0, 0.1) is 0 Å². The number of para-hydroxylation sites is 1. The predicted molar refractivity (Wildman–Crippen MR) is 104 cm³/mol. The molecule has 23 heavy (non-hydrogen) atoms. The van der Waals surface area contributed by atoms with Crippen LogP contribution in [0.3, 0.4) is 0 Å². The van der Waals surface area contributed by atoms with Gasteiger partial charge >= 0.3 is 0 Å². The van der Waals surface area contributed by atoms with Crippen LogP contribution in [-0.4, -0.2) is 37.0 Å². The summed E-state index contributed by atoms with van der Waals surface area (Å²) in [7, 11) is 0. The molecule has 0 aliphatic rings. The Hall–Kier alpha value is -0.970. The van der Waals surface area contributed by atoms with Gasteiger partial charge in [-0.2, -0.15) is 0 Å². The van der Waals surface area contributed by atoms with E-state index in [0.717, 1.165) is 50.3 Å². The SMILES string of the molecule is CCN(CC)CCCCNC(=O)CCc1ccccc1N.Cl.Cl. The Balaban J connectivity index is 0. The van der Waals surface area contributed by atoms with Crippen molar-refractivity contribution in [3.63, 3.8) is 0 Å². The minimum absolute atomic E-state index is 0. The lowest BCUT2D eigenvalue weighted by atomic mass is 10.1. The molecular formula is C17H31Cl2N3O. The van der Waals surface area contributed by atoms with Gasteiger partial charge in [0, 0.05) is 18.7 Å². The van der Waals surface area contributed by atoms with E-state index in [-0.39, 0.29) is 30.7 Å². The van der Waals surface area contributed by atoms with Crippen molar-refractivity contribution in [3.8, 4) is 0 Å². The molecule has 1 aromatic rings. The standard InChI is InChI=1S/C17H29N3O.2ClH/c1-3-20(4-2)14-8-7-13-19-17(21)12-11-15-9-5-6-10-16(15)18;;/h5-6,9-10H,3-4,7-8,11-14,18H2,1-2H3,(H,19,21);2*1H. The van der Waals surface area contributed by atoms with Crippen molar-refractivity contribution in [2.75, 3.05) is 31.9 Å². The fourth-order valence-corrected chi connectivity index (χ4v) is 2.33. The van der Waals surface area contributed by atoms with Gasteiger partial charge in [0.2, 0.25) is 5.91 Å². The molecular weight excluding hydrogens is 333 g/mol. The van der Waals surface area contributed by atoms with Crippen LogP contribution >= 0.6 is 24.8 Å². The molecule has 6 heteroatoms. The van der Waals surface area contributed by atoms with E-state index in [2.05, 4.69) is 24.1 Å². The number of hydrogen-bond donors (Lipinski definition) is 2. The summed E-state index contributed by atoms with van der Waals surface area (Å²) in [6.45, 7) is 8.44. The zero-order valence-electron chi connectivity index (χ0n) is 14.2. The maximum Gasteiger partial charge on any atom is 0.220 e. The van der Waals surface area contributed by atoms with Gasteiger partial charge in [0.15, 0.2) is 0 Å². The zero-order valence-corrected chi connectivity index (χ0v) is 15.8. The minimum atomic E-state index is 0. The number of carbonyl (C=O) groups excluding carboxylic acids is 1. The first-order valence-electron chi connectivity index (χ1n) is 7.99. The van der Waals surface area contributed by atoms with E-state index >= 15 is 0 Å². The number of amides is 1. The summed E-state index contributed by atoms with van der Waals surface area (Å²) >= 11 is 0. The molecule has 1 aromatic carbocycles. The molecule has 0 bridgehead atoms. The zero-order chi connectivity index (χ0) is 15.5. The third kappa shape index (κ3) is 10.4. The Kier molecular flexibility index (Phi) is 15.4. The van der Waals surface area contributed by atoms with E-state index in [4.69, 9.17) is 5.73 Å². The van der Waals surface area contributed by atoms with Gasteiger partial charge in [0.25, 0.3) is 0 Å². The highest BCUT2D eigenvalue weighted by Crippen LogP contribution is 2.12. The van der Waals surface area contributed by atoms with E-state index < -0.39 is 0 Å². The number of unbranched alkanes of at least 4 members (excludes halogenated alkanes) is 1. The van der Waals surface area contributed by atoms with Crippen molar-refractivity contribution in [1.29, 1.82) is 0 Å². The molecule has 3 N–H and O–H groups in total. The number of nitrogens with zero attached hydrogens (tertiary/aromatic N) is 1. The molecule has 0 spiro atoms. The lowest BCUT2D eigenvalue weighted by molar-refractivity contribution is -0.121. The first-order valence-corrected chi connectivity index (χ1v) is 7.99. The lowest BCUT2D eigenvalue weighted by Gasteiger charge is -2.17. The summed E-state index contributed by atoms with van der Waals surface area (Å²) < 4.78 is 0. The third-order valence-corrected chi connectivity index (χ3v) is 3.79. The van der Waals surface area contributed by atoms with Crippen molar-refractivity contribution in [3.05, 3.63) is 29.8 Å². The van der Waals surface area contributed by atoms with Gasteiger partial charge in [0.05, 0.1) is 0 Å². The summed E-state index contributed by atoms with van der Waals surface area (Å²) in [5.74, 6) is 0.112. The van der Waals surface area contributed by atoms with Crippen LogP contribution in [0.5, 0.6) is 0 Å². The average Bonchev–Trinajstić information content (AvgIpc) is 2.50. The number of benzene rings is 1. The summed E-state index contributed by atoms with van der Waals surface area (Å²) in [4.78, 5) is 14.2. The second-order valence-corrected chi connectivity index (χ2v) is 5.28. The highest BCUT2D eigenvalue weighted by Gasteiger charge is 2.04. The number of carbonyl (C=O) groups is 1. The van der Waals surface area contributed by atoms with Crippen LogP contribution in [0.1, 0.15) is 38.7 Å². The first kappa shape index (κ1) is 24.3. The number of halogens is 2. The molecule has 0 aliphatic heterocycles. The Morgan fingerprint density at radius 2 is 1.78 bits per heavy atom. The summed E-state index contributed by atoms with van der Waals surface area (Å²) in [6, 6.07) is 7.72. The van der Waals surface area contributed by atoms with Crippen LogP contribution in [0.25, 0.3) is 0 Å². The molecule has 0 aromatic heterocycles. The number of hydrogen-bond acceptors (Lipinski definition) is 3. The van der Waals surface area contributed by atoms with Crippen LogP contribution in [-0.2, 0) is 11.2 Å². The van der Waals surface area contributed by atoms with Gasteiger partial charge in [-0.3, -0.25) is 4.79 Å². The van der Waals surface area contributed by atoms with Gasteiger partial charge in [-0.1, -0.05) is 32.0 Å². The Morgan fingerprint density at radius 1 is 1.13 bits per heavy atom. The maximum absolute atomic E-state index is 11.8. The van der Waals surface area contributed by atoms with Crippen LogP contribution in [0.15, 0.2) is 24.3 Å². The monoisotopic (exact) mass is 363 g/mol. The fourth-order valence-electron chi connectivity index (χ4n) is 2.33. The van der Waals surface area contributed by atoms with Crippen molar-refractivity contribution in [2.45, 2.75) is 39.5 Å². The number of anilines is 1. The number of rotatable bonds is 10. The van der Waals surface area contributed by atoms with Crippen LogP contribution in [0.4, 0.5) is 5.69 Å². The quantitative estimate of drug-likeness (QED) is 0.495. The molecule has 0 atom stereocenters. The maximum atomic E-state index is 11.8. The van der Waals surface area contributed by atoms with Crippen molar-refractivity contribution >= 4 is 36.4 Å². The highest BCUT2D eigenvalue weighted by atomic mass is 35.5. The average molecular weight is 364 g/mol. The molecule has 0 saturated heterocycles. The van der Waals surface area contributed by atoms with Gasteiger partial charge in [-0.15, -0.1) is 24.8 Å². The van der Waals surface area contributed by atoms with Gasteiger partial charge < -0.3 is 16.0 Å². The normalized spacial score (nSPS) is 9.87. The Labute approximate surface area is 153 Å². The van der Waals surface area contributed by atoms with E-state index in [1.165, 1.54) is 0 Å². The van der Waals surface area contributed by atoms with Crippen molar-refractivity contribution in [2.24, 2.45) is 0 Å². The second kappa shape index (κ2) is 14.6. The minimum Gasteiger partial charge on any atom is -0.399 e. The molecule has 4 nitrogen and oxygen atoms in total. The van der Waals surface area contributed by atoms with E-state index in [1.54, 1.807) is 0 Å². The van der Waals surface area contributed by atoms with E-state index in [1.807, 2.05) is 24.3 Å². The molecule has 0 radical (unpaired) electrons. The molecule has 1 rings (SSSR count). The summed E-state index contributed by atoms with van der Waals surface area (Å²) in [5.41, 5.74) is 7.68. The topological polar surface area (TPSA) is 58.4 Å². The molecule has 0 saturated carbocycles. The van der Waals surface area contributed by atoms with Gasteiger partial charge in [-0.25, -0.2) is 0 Å². The van der Waals surface area contributed by atoms with Crippen molar-refractivity contribution < 1.29 is 4.79 Å². The number of nitrogen functional groups attached to an aromatic ring is 1. The largest absolute Gasteiger partial charge is 0.399 e. The first-order chi connectivity index (χ1) is 10.2. The molecule has 0 aliphatic carbocycles. The number of nitrogens with one attached hydrogen (secondary N) is 1. The van der Waals surface area contributed by atoms with Gasteiger partial charge in [0.1, 0.15) is 0 Å². The van der Waals surface area contributed by atoms with Crippen molar-refractivity contribution in [1.82, 2.24) is 10.2 Å². The molecule has 1 amide bonds. The highest BCUT2D eigenvalue weighted by molar-refractivity contribution is 5.85.